The number of hydrogen-bond acceptors (Lipinski definition) is 7. The number of hydrogen-bond donors (Lipinski definition) is 0. The van der Waals surface area contributed by atoms with Gasteiger partial charge in [-0.2, -0.15) is 9.78 Å². The van der Waals surface area contributed by atoms with E-state index in [-0.39, 0.29) is 23.9 Å². The molecule has 0 aliphatic heterocycles. The number of fused-ring (bicyclic) bond motifs is 2. The van der Waals surface area contributed by atoms with Crippen LogP contribution in [0.5, 0.6) is 5.75 Å². The maximum absolute atomic E-state index is 13.6. The molecule has 0 amide bonds. The second-order valence-corrected chi connectivity index (χ2v) is 11.3. The average Bonchev–Trinajstić information content (AvgIpc) is 3.39. The molecule has 0 unspecified atom stereocenters. The van der Waals surface area contributed by atoms with Gasteiger partial charge in [0.25, 0.3) is 5.56 Å². The molecule has 208 valence electrons. The zero-order valence-electron chi connectivity index (χ0n) is 21.3. The minimum Gasteiger partial charge on any atom is -0.481 e. The Morgan fingerprint density at radius 1 is 1.05 bits per heavy atom. The largest absolute Gasteiger partial charge is 0.481 e. The maximum atomic E-state index is 13.6. The van der Waals surface area contributed by atoms with Crippen LogP contribution in [-0.4, -0.2) is 20.8 Å². The number of rotatable bonds is 7. The fourth-order valence-electron chi connectivity index (χ4n) is 4.33. The molecule has 6 aromatic rings. The number of furan rings is 1. The van der Waals surface area contributed by atoms with Gasteiger partial charge in [0.1, 0.15) is 12.2 Å². The van der Waals surface area contributed by atoms with E-state index in [9.17, 15) is 14.9 Å². The van der Waals surface area contributed by atoms with Crippen molar-refractivity contribution in [1.29, 1.82) is 0 Å². The third-order valence-corrected chi connectivity index (χ3v) is 7.65. The molecule has 12 heteroatoms. The number of nitro benzene ring substituents is 1. The first-order valence-electron chi connectivity index (χ1n) is 12.4. The van der Waals surface area contributed by atoms with Crippen molar-refractivity contribution in [3.05, 3.63) is 130 Å². The van der Waals surface area contributed by atoms with Gasteiger partial charge in [0, 0.05) is 26.5 Å². The summed E-state index contributed by atoms with van der Waals surface area (Å²) in [6.45, 7) is 0.0969. The van der Waals surface area contributed by atoms with Gasteiger partial charge in [-0.15, -0.1) is 0 Å². The average molecular weight is 709 g/mol. The minimum atomic E-state index is -0.541. The van der Waals surface area contributed by atoms with Crippen molar-refractivity contribution in [3.63, 3.8) is 0 Å². The Hall–Kier alpha value is -4.32. The summed E-state index contributed by atoms with van der Waals surface area (Å²) >= 11 is 12.8. The fraction of sp³-hybridized carbons (Fsp3) is 0.0333. The molecule has 42 heavy (non-hydrogen) atoms. The maximum Gasteiger partial charge on any atom is 0.312 e. The van der Waals surface area contributed by atoms with E-state index in [2.05, 4.69) is 41.9 Å². The predicted molar refractivity (Wildman–Crippen MR) is 168 cm³/mol. The Morgan fingerprint density at radius 3 is 2.62 bits per heavy atom. The van der Waals surface area contributed by atoms with Crippen molar-refractivity contribution >= 4 is 77.2 Å². The summed E-state index contributed by atoms with van der Waals surface area (Å²) in [5.74, 6) is 0.575. The van der Waals surface area contributed by atoms with E-state index in [1.165, 1.54) is 12.3 Å². The number of aromatic nitrogens is 2. The predicted octanol–water partition coefficient (Wildman–Crippen LogP) is 8.36. The van der Waals surface area contributed by atoms with Crippen molar-refractivity contribution in [2.75, 3.05) is 0 Å². The first-order chi connectivity index (χ1) is 20.3. The van der Waals surface area contributed by atoms with E-state index in [1.54, 1.807) is 60.7 Å². The molecule has 9 nitrogen and oxygen atoms in total. The second kappa shape index (κ2) is 11.5. The molecule has 0 fully saturated rings. The van der Waals surface area contributed by atoms with Crippen LogP contribution in [0.1, 0.15) is 11.1 Å². The van der Waals surface area contributed by atoms with E-state index >= 15 is 0 Å². The van der Waals surface area contributed by atoms with Gasteiger partial charge in [-0.05, 0) is 76.1 Å². The highest BCUT2D eigenvalue weighted by Gasteiger charge is 2.21. The van der Waals surface area contributed by atoms with Gasteiger partial charge in [-0.3, -0.25) is 14.9 Å². The summed E-state index contributed by atoms with van der Waals surface area (Å²) < 4.78 is 14.2. The number of benzene rings is 4. The third kappa shape index (κ3) is 5.58. The van der Waals surface area contributed by atoms with Crippen LogP contribution in [-0.2, 0) is 6.61 Å². The molecular weight excluding hydrogens is 692 g/mol. The van der Waals surface area contributed by atoms with Crippen molar-refractivity contribution in [2.24, 2.45) is 5.10 Å². The summed E-state index contributed by atoms with van der Waals surface area (Å²) in [6, 6.07) is 24.2. The van der Waals surface area contributed by atoms with Crippen molar-refractivity contribution in [1.82, 2.24) is 9.66 Å². The molecule has 0 aliphatic rings. The lowest BCUT2D eigenvalue weighted by Gasteiger charge is -2.10. The highest BCUT2D eigenvalue weighted by molar-refractivity contribution is 9.10. The summed E-state index contributed by atoms with van der Waals surface area (Å²) in [6.07, 6.45) is 1.35. The van der Waals surface area contributed by atoms with Crippen LogP contribution in [0.25, 0.3) is 33.5 Å². The van der Waals surface area contributed by atoms with E-state index in [1.807, 2.05) is 18.2 Å². The standard InChI is InChI=1S/C30H17Br2ClN4O5/c31-20-7-10-26-19(13-20)14-27(42-26)29-35-24-4-2-1-3-22(24)30(38)36(29)34-15-18-11-23(32)28(25(12-18)37(39)40)41-16-17-5-8-21(33)9-6-17/h1-15H,16H2. The van der Waals surface area contributed by atoms with Crippen LogP contribution in [0.4, 0.5) is 5.69 Å². The van der Waals surface area contributed by atoms with Gasteiger partial charge in [0.15, 0.2) is 5.76 Å². The molecule has 2 aromatic heterocycles. The molecule has 0 N–H and O–H groups in total. The normalized spacial score (nSPS) is 11.5. The highest BCUT2D eigenvalue weighted by Crippen LogP contribution is 2.37. The lowest BCUT2D eigenvalue weighted by atomic mass is 10.2. The first kappa shape index (κ1) is 27.8. The molecule has 0 radical (unpaired) electrons. The van der Waals surface area contributed by atoms with E-state index < -0.39 is 10.5 Å². The monoisotopic (exact) mass is 706 g/mol. The molecule has 0 saturated carbocycles. The zero-order valence-corrected chi connectivity index (χ0v) is 25.3. The molecule has 0 saturated heterocycles. The van der Waals surface area contributed by atoms with Crippen LogP contribution in [0.3, 0.4) is 0 Å². The Balaban J connectivity index is 1.41. The van der Waals surface area contributed by atoms with E-state index in [0.717, 1.165) is 20.1 Å². The Morgan fingerprint density at radius 2 is 1.83 bits per heavy atom. The molecule has 0 aliphatic carbocycles. The van der Waals surface area contributed by atoms with Crippen LogP contribution < -0.4 is 10.3 Å². The second-order valence-electron chi connectivity index (χ2n) is 9.13. The summed E-state index contributed by atoms with van der Waals surface area (Å²) in [4.78, 5) is 29.7. The minimum absolute atomic E-state index is 0.0609. The van der Waals surface area contributed by atoms with Crippen LogP contribution >= 0.6 is 43.5 Å². The molecule has 0 atom stereocenters. The number of para-hydroxylation sites is 1. The Labute approximate surface area is 259 Å². The topological polar surface area (TPSA) is 113 Å². The van der Waals surface area contributed by atoms with Gasteiger partial charge in [-0.1, -0.05) is 51.8 Å². The van der Waals surface area contributed by atoms with Gasteiger partial charge < -0.3 is 9.15 Å². The fourth-order valence-corrected chi connectivity index (χ4v) is 5.41. The molecule has 2 heterocycles. The lowest BCUT2D eigenvalue weighted by Crippen LogP contribution is -2.20. The van der Waals surface area contributed by atoms with Gasteiger partial charge in [-0.25, -0.2) is 4.98 Å². The third-order valence-electron chi connectivity index (χ3n) is 6.31. The Bertz CT molecular complexity index is 2090. The van der Waals surface area contributed by atoms with Crippen molar-refractivity contribution < 1.29 is 14.1 Å². The van der Waals surface area contributed by atoms with Gasteiger partial charge in [0.05, 0.1) is 26.5 Å². The van der Waals surface area contributed by atoms with Gasteiger partial charge in [0.2, 0.25) is 11.6 Å². The van der Waals surface area contributed by atoms with Gasteiger partial charge >= 0.3 is 5.69 Å². The highest BCUT2D eigenvalue weighted by atomic mass is 79.9. The summed E-state index contributed by atoms with van der Waals surface area (Å²) in [5.41, 5.74) is 1.54. The molecular formula is C30H17Br2ClN4O5. The molecule has 0 spiro atoms. The number of halogens is 3. The zero-order chi connectivity index (χ0) is 29.4. The summed E-state index contributed by atoms with van der Waals surface area (Å²) in [5, 5.41) is 18.1. The van der Waals surface area contributed by atoms with Crippen molar-refractivity contribution in [2.45, 2.75) is 6.61 Å². The summed E-state index contributed by atoms with van der Waals surface area (Å²) in [7, 11) is 0. The number of nitro groups is 1. The molecule has 6 rings (SSSR count). The lowest BCUT2D eigenvalue weighted by molar-refractivity contribution is -0.386. The van der Waals surface area contributed by atoms with E-state index in [4.69, 9.17) is 20.8 Å². The SMILES string of the molecule is O=c1c2ccccc2nc(-c2cc3cc(Br)ccc3o2)n1N=Cc1cc(Br)c(OCc2ccc(Cl)cc2)c([N+](=O)[O-])c1. The Kier molecular flexibility index (Phi) is 7.63. The van der Waals surface area contributed by atoms with Crippen molar-refractivity contribution in [3.8, 4) is 17.3 Å². The van der Waals surface area contributed by atoms with E-state index in [0.29, 0.717) is 37.3 Å². The van der Waals surface area contributed by atoms with Crippen LogP contribution in [0.2, 0.25) is 5.02 Å². The first-order valence-corrected chi connectivity index (χ1v) is 14.3. The number of ether oxygens (including phenoxy) is 1. The molecule has 0 bridgehead atoms. The quantitative estimate of drug-likeness (QED) is 0.0936. The smallest absolute Gasteiger partial charge is 0.312 e. The van der Waals surface area contributed by atoms with Crippen LogP contribution in [0.15, 0.2) is 108 Å². The number of nitrogens with zero attached hydrogens (tertiary/aromatic N) is 4. The van der Waals surface area contributed by atoms with Crippen LogP contribution in [0, 0.1) is 10.1 Å². The molecule has 4 aromatic carbocycles.